The number of anilines is 1. The van der Waals surface area contributed by atoms with Gasteiger partial charge in [-0.25, -0.2) is 4.98 Å². The lowest BCUT2D eigenvalue weighted by molar-refractivity contribution is -0.0438. The zero-order valence-electron chi connectivity index (χ0n) is 11.8. The van der Waals surface area contributed by atoms with Crippen molar-refractivity contribution in [3.63, 3.8) is 0 Å². The second kappa shape index (κ2) is 6.00. The molecule has 3 heterocycles. The third-order valence-corrected chi connectivity index (χ3v) is 5.29. The molecule has 0 aliphatic carbocycles. The van der Waals surface area contributed by atoms with Gasteiger partial charge in [-0.3, -0.25) is 0 Å². The summed E-state index contributed by atoms with van der Waals surface area (Å²) in [5, 5.41) is 10.3. The molecule has 1 N–H and O–H groups in total. The number of pyridine rings is 1. The van der Waals surface area contributed by atoms with Crippen molar-refractivity contribution >= 4 is 21.7 Å². The lowest BCUT2D eigenvalue weighted by atomic mass is 9.89. The topological polar surface area (TPSA) is 45.6 Å². The first-order valence-corrected chi connectivity index (χ1v) is 8.11. The van der Waals surface area contributed by atoms with E-state index < -0.39 is 0 Å². The highest BCUT2D eigenvalue weighted by atomic mass is 79.9. The van der Waals surface area contributed by atoms with Crippen molar-refractivity contribution < 1.29 is 9.84 Å². The molecule has 0 spiro atoms. The largest absolute Gasteiger partial charge is 0.393 e. The maximum Gasteiger partial charge on any atom is 0.129 e. The quantitative estimate of drug-likeness (QED) is 0.898. The number of aryl methyl sites for hydroxylation is 1. The molecule has 2 aliphatic heterocycles. The summed E-state index contributed by atoms with van der Waals surface area (Å²) in [4.78, 5) is 7.03. The summed E-state index contributed by atoms with van der Waals surface area (Å²) in [6.07, 6.45) is 2.78. The van der Waals surface area contributed by atoms with Crippen LogP contribution in [0.15, 0.2) is 16.6 Å². The molecule has 0 aromatic carbocycles. The molecule has 2 fully saturated rings. The molecule has 1 aromatic rings. The number of hydrogen-bond acceptors (Lipinski definition) is 4. The van der Waals surface area contributed by atoms with Gasteiger partial charge in [-0.15, -0.1) is 0 Å². The Balaban J connectivity index is 1.82. The SMILES string of the molecule is Cc1nc(N2CCCC2C2COCCC2O)ccc1Br. The van der Waals surface area contributed by atoms with Gasteiger partial charge in [-0.05, 0) is 54.2 Å². The van der Waals surface area contributed by atoms with E-state index in [0.29, 0.717) is 19.3 Å². The average Bonchev–Trinajstić information content (AvgIpc) is 2.91. The number of aromatic nitrogens is 1. The number of nitrogens with zero attached hydrogens (tertiary/aromatic N) is 2. The Morgan fingerprint density at radius 3 is 3.00 bits per heavy atom. The molecule has 0 bridgehead atoms. The van der Waals surface area contributed by atoms with Crippen LogP contribution in [0.1, 0.15) is 25.0 Å². The molecule has 4 nitrogen and oxygen atoms in total. The van der Waals surface area contributed by atoms with Gasteiger partial charge < -0.3 is 14.7 Å². The van der Waals surface area contributed by atoms with Crippen molar-refractivity contribution in [2.24, 2.45) is 5.92 Å². The average molecular weight is 341 g/mol. The number of aliphatic hydroxyl groups is 1. The number of aliphatic hydroxyl groups excluding tert-OH is 1. The van der Waals surface area contributed by atoms with Gasteiger partial charge in [0.1, 0.15) is 5.82 Å². The third kappa shape index (κ3) is 2.71. The highest BCUT2D eigenvalue weighted by molar-refractivity contribution is 9.10. The van der Waals surface area contributed by atoms with E-state index in [9.17, 15) is 5.11 Å². The van der Waals surface area contributed by atoms with Crippen LogP contribution < -0.4 is 4.90 Å². The van der Waals surface area contributed by atoms with Crippen LogP contribution in [0.2, 0.25) is 0 Å². The minimum Gasteiger partial charge on any atom is -0.393 e. The molecule has 2 aliphatic rings. The van der Waals surface area contributed by atoms with Crippen LogP contribution in [0.25, 0.3) is 0 Å². The number of halogens is 1. The summed E-state index contributed by atoms with van der Waals surface area (Å²) in [7, 11) is 0. The molecule has 0 radical (unpaired) electrons. The van der Waals surface area contributed by atoms with E-state index in [2.05, 4.69) is 37.9 Å². The Labute approximate surface area is 128 Å². The normalized spacial score (nSPS) is 30.8. The maximum absolute atomic E-state index is 10.3. The van der Waals surface area contributed by atoms with Crippen LogP contribution in [0.4, 0.5) is 5.82 Å². The first-order valence-electron chi connectivity index (χ1n) is 7.32. The molecule has 110 valence electrons. The summed E-state index contributed by atoms with van der Waals surface area (Å²) in [5.41, 5.74) is 1.01. The molecule has 2 saturated heterocycles. The van der Waals surface area contributed by atoms with Crippen LogP contribution in [-0.4, -0.2) is 42.0 Å². The van der Waals surface area contributed by atoms with Crippen molar-refractivity contribution in [3.05, 3.63) is 22.3 Å². The minimum absolute atomic E-state index is 0.206. The second-order valence-electron chi connectivity index (χ2n) is 5.73. The minimum atomic E-state index is -0.245. The van der Waals surface area contributed by atoms with E-state index in [0.717, 1.165) is 41.8 Å². The summed E-state index contributed by atoms with van der Waals surface area (Å²) in [6.45, 7) is 4.37. The molecular formula is C15H21BrN2O2. The fourth-order valence-electron chi connectivity index (χ4n) is 3.33. The molecule has 5 heteroatoms. The van der Waals surface area contributed by atoms with Crippen LogP contribution in [0.3, 0.4) is 0 Å². The van der Waals surface area contributed by atoms with Crippen LogP contribution in [0, 0.1) is 12.8 Å². The molecule has 3 atom stereocenters. The van der Waals surface area contributed by atoms with E-state index >= 15 is 0 Å². The van der Waals surface area contributed by atoms with Gasteiger partial charge in [0.05, 0.1) is 18.4 Å². The molecule has 0 amide bonds. The van der Waals surface area contributed by atoms with Gasteiger partial charge in [-0.2, -0.15) is 0 Å². The second-order valence-corrected chi connectivity index (χ2v) is 6.59. The predicted molar refractivity (Wildman–Crippen MR) is 82.0 cm³/mol. The Morgan fingerprint density at radius 2 is 2.25 bits per heavy atom. The highest BCUT2D eigenvalue weighted by Gasteiger charge is 2.38. The number of hydrogen-bond donors (Lipinski definition) is 1. The van der Waals surface area contributed by atoms with Crippen LogP contribution in [-0.2, 0) is 4.74 Å². The Kier molecular flexibility index (Phi) is 4.29. The van der Waals surface area contributed by atoms with E-state index in [-0.39, 0.29) is 12.0 Å². The van der Waals surface area contributed by atoms with E-state index in [1.54, 1.807) is 0 Å². The van der Waals surface area contributed by atoms with Crippen LogP contribution >= 0.6 is 15.9 Å². The van der Waals surface area contributed by atoms with Crippen molar-refractivity contribution in [1.29, 1.82) is 0 Å². The molecule has 1 aromatic heterocycles. The summed E-state index contributed by atoms with van der Waals surface area (Å²) < 4.78 is 6.62. The van der Waals surface area contributed by atoms with E-state index in [1.807, 2.05) is 6.92 Å². The monoisotopic (exact) mass is 340 g/mol. The van der Waals surface area contributed by atoms with Gasteiger partial charge >= 0.3 is 0 Å². The smallest absolute Gasteiger partial charge is 0.129 e. The number of rotatable bonds is 2. The van der Waals surface area contributed by atoms with Gasteiger partial charge in [0.2, 0.25) is 0 Å². The van der Waals surface area contributed by atoms with Gasteiger partial charge in [-0.1, -0.05) is 0 Å². The van der Waals surface area contributed by atoms with Crippen molar-refractivity contribution in [1.82, 2.24) is 4.98 Å². The molecule has 0 saturated carbocycles. The first-order chi connectivity index (χ1) is 9.66. The standard InChI is InChI=1S/C15H21BrN2O2/c1-10-12(16)4-5-15(17-10)18-7-2-3-13(18)11-9-20-8-6-14(11)19/h4-5,11,13-14,19H,2-3,6-9H2,1H3. The van der Waals surface area contributed by atoms with E-state index in [4.69, 9.17) is 4.74 Å². The lowest BCUT2D eigenvalue weighted by Crippen LogP contribution is -2.46. The summed E-state index contributed by atoms with van der Waals surface area (Å²) in [6, 6.07) is 4.46. The van der Waals surface area contributed by atoms with Gasteiger partial charge in [0, 0.05) is 29.6 Å². The fraction of sp³-hybridized carbons (Fsp3) is 0.667. The first kappa shape index (κ1) is 14.3. The summed E-state index contributed by atoms with van der Waals surface area (Å²) >= 11 is 3.50. The summed E-state index contributed by atoms with van der Waals surface area (Å²) in [5.74, 6) is 1.22. The highest BCUT2D eigenvalue weighted by Crippen LogP contribution is 2.33. The Morgan fingerprint density at radius 1 is 1.40 bits per heavy atom. The molecule has 3 unspecified atom stereocenters. The Bertz CT molecular complexity index is 483. The third-order valence-electron chi connectivity index (χ3n) is 4.46. The fourth-order valence-corrected chi connectivity index (χ4v) is 3.55. The molecule has 3 rings (SSSR count). The van der Waals surface area contributed by atoms with Gasteiger partial charge in [0.15, 0.2) is 0 Å². The van der Waals surface area contributed by atoms with Crippen molar-refractivity contribution in [3.8, 4) is 0 Å². The maximum atomic E-state index is 10.3. The number of ether oxygens (including phenoxy) is 1. The molecule has 20 heavy (non-hydrogen) atoms. The Hall–Kier alpha value is -0.650. The van der Waals surface area contributed by atoms with Crippen LogP contribution in [0.5, 0.6) is 0 Å². The van der Waals surface area contributed by atoms with Crippen molar-refractivity contribution in [2.45, 2.75) is 38.3 Å². The van der Waals surface area contributed by atoms with Gasteiger partial charge in [0.25, 0.3) is 0 Å². The van der Waals surface area contributed by atoms with Crippen molar-refractivity contribution in [2.75, 3.05) is 24.7 Å². The predicted octanol–water partition coefficient (Wildman–Crippen LogP) is 2.52. The molecular weight excluding hydrogens is 320 g/mol. The van der Waals surface area contributed by atoms with E-state index in [1.165, 1.54) is 0 Å². The lowest BCUT2D eigenvalue weighted by Gasteiger charge is -2.37. The zero-order valence-corrected chi connectivity index (χ0v) is 13.3. The zero-order chi connectivity index (χ0) is 14.1.